The highest BCUT2D eigenvalue weighted by Gasteiger charge is 2.47. The molecule has 8 heteroatoms. The van der Waals surface area contributed by atoms with E-state index < -0.39 is 18.4 Å². The number of carbonyl (C=O) groups excluding carboxylic acids is 1. The summed E-state index contributed by atoms with van der Waals surface area (Å²) < 4.78 is 36.7. The predicted molar refractivity (Wildman–Crippen MR) is 115 cm³/mol. The summed E-state index contributed by atoms with van der Waals surface area (Å²) in [5, 5.41) is 0.893. The van der Waals surface area contributed by atoms with E-state index >= 15 is 0 Å². The van der Waals surface area contributed by atoms with Crippen molar-refractivity contribution < 1.29 is 18.3 Å². The Morgan fingerprint density at radius 3 is 2.81 bits per heavy atom. The van der Waals surface area contributed by atoms with E-state index in [1.54, 1.807) is 59.7 Å². The number of nitrogens with zero attached hydrogens (tertiary/aromatic N) is 4. The van der Waals surface area contributed by atoms with E-state index in [-0.39, 0.29) is 24.9 Å². The van der Waals surface area contributed by atoms with Gasteiger partial charge in [0.05, 0.1) is 18.4 Å². The number of carbonyl (C=O) groups is 1. The Morgan fingerprint density at radius 2 is 1.97 bits per heavy atom. The van der Waals surface area contributed by atoms with Crippen molar-refractivity contribution in [3.05, 3.63) is 84.9 Å². The smallest absolute Gasteiger partial charge is 0.287 e. The van der Waals surface area contributed by atoms with Crippen molar-refractivity contribution in [2.45, 2.75) is 18.4 Å². The third kappa shape index (κ3) is 3.91. The predicted octanol–water partition coefficient (Wildman–Crippen LogP) is 4.35. The fraction of sp³-hybridized carbons (Fsp3) is 0.208. The first-order valence-corrected chi connectivity index (χ1v) is 10.3. The van der Waals surface area contributed by atoms with Gasteiger partial charge in [-0.2, -0.15) is 0 Å². The van der Waals surface area contributed by atoms with E-state index in [1.807, 2.05) is 24.3 Å². The van der Waals surface area contributed by atoms with Crippen LogP contribution in [0.2, 0.25) is 0 Å². The first kappa shape index (κ1) is 20.1. The number of halogens is 2. The summed E-state index contributed by atoms with van der Waals surface area (Å²) in [5.41, 5.74) is 1.85. The molecular formula is C24H20F2N4O2. The maximum absolute atomic E-state index is 14.7. The molecule has 3 heterocycles. The number of aromatic nitrogens is 3. The van der Waals surface area contributed by atoms with Crippen LogP contribution in [0, 0.1) is 0 Å². The molecule has 32 heavy (non-hydrogen) atoms. The number of hydrogen-bond donors (Lipinski definition) is 0. The average molecular weight is 434 g/mol. The number of rotatable bonds is 4. The van der Waals surface area contributed by atoms with Gasteiger partial charge in [-0.25, -0.2) is 18.7 Å². The van der Waals surface area contributed by atoms with Crippen LogP contribution in [0.25, 0.3) is 16.6 Å². The van der Waals surface area contributed by atoms with Crippen LogP contribution in [0.3, 0.4) is 0 Å². The first-order chi connectivity index (χ1) is 15.5. The summed E-state index contributed by atoms with van der Waals surface area (Å²) in [7, 11) is 0. The van der Waals surface area contributed by atoms with E-state index in [0.29, 0.717) is 11.1 Å². The third-order valence-electron chi connectivity index (χ3n) is 5.59. The number of hydrogen-bond acceptors (Lipinski definition) is 4. The van der Waals surface area contributed by atoms with Crippen LogP contribution >= 0.6 is 0 Å². The van der Waals surface area contributed by atoms with E-state index in [4.69, 9.17) is 4.74 Å². The standard InChI is InChI=1S/C24H20F2N4O2/c25-24(26)10-12-29(23(31)18-5-3-6-19(14-18)30-13-11-27-16-30)15-21(24)32-22-9-8-17-4-1-2-7-20(17)28-22/h1-9,11,13-14,16,21H,10,12,15H2. The molecule has 1 aliphatic heterocycles. The normalized spacial score (nSPS) is 17.9. The molecule has 1 saturated heterocycles. The second-order valence-electron chi connectivity index (χ2n) is 7.73. The zero-order chi connectivity index (χ0) is 22.1. The van der Waals surface area contributed by atoms with E-state index in [9.17, 15) is 13.6 Å². The summed E-state index contributed by atoms with van der Waals surface area (Å²) in [4.78, 5) is 22.8. The molecule has 2 aromatic carbocycles. The third-order valence-corrected chi connectivity index (χ3v) is 5.59. The van der Waals surface area contributed by atoms with Gasteiger partial charge in [0.15, 0.2) is 6.10 Å². The van der Waals surface area contributed by atoms with Gasteiger partial charge >= 0.3 is 0 Å². The van der Waals surface area contributed by atoms with Crippen LogP contribution in [0.5, 0.6) is 5.88 Å². The lowest BCUT2D eigenvalue weighted by atomic mass is 10.0. The molecular weight excluding hydrogens is 414 g/mol. The monoisotopic (exact) mass is 434 g/mol. The molecule has 1 unspecified atom stereocenters. The van der Waals surface area contributed by atoms with Gasteiger partial charge in [-0.15, -0.1) is 0 Å². The van der Waals surface area contributed by atoms with Gasteiger partial charge in [0.25, 0.3) is 11.8 Å². The van der Waals surface area contributed by atoms with Crippen molar-refractivity contribution in [3.63, 3.8) is 0 Å². The van der Waals surface area contributed by atoms with Gasteiger partial charge in [-0.1, -0.05) is 24.3 Å². The highest BCUT2D eigenvalue weighted by atomic mass is 19.3. The highest BCUT2D eigenvalue weighted by molar-refractivity contribution is 5.95. The number of ether oxygens (including phenoxy) is 1. The zero-order valence-electron chi connectivity index (χ0n) is 17.1. The molecule has 0 saturated carbocycles. The van der Waals surface area contributed by atoms with Crippen LogP contribution in [-0.4, -0.2) is 50.5 Å². The van der Waals surface area contributed by atoms with Gasteiger partial charge in [-0.05, 0) is 30.3 Å². The van der Waals surface area contributed by atoms with Crippen molar-refractivity contribution >= 4 is 16.8 Å². The number of imidazole rings is 1. The topological polar surface area (TPSA) is 60.2 Å². The molecule has 1 fully saturated rings. The minimum atomic E-state index is -3.07. The molecule has 1 atom stereocenters. The van der Waals surface area contributed by atoms with Gasteiger partial charge in [0.2, 0.25) is 5.88 Å². The number of pyridine rings is 1. The number of benzene rings is 2. The van der Waals surface area contributed by atoms with Crippen molar-refractivity contribution in [2.75, 3.05) is 13.1 Å². The minimum absolute atomic E-state index is 0.0495. The Morgan fingerprint density at radius 1 is 1.09 bits per heavy atom. The molecule has 2 aromatic heterocycles. The molecule has 0 aliphatic carbocycles. The summed E-state index contributed by atoms with van der Waals surface area (Å²) in [6, 6.07) is 17.8. The first-order valence-electron chi connectivity index (χ1n) is 10.3. The minimum Gasteiger partial charge on any atom is -0.466 e. The van der Waals surface area contributed by atoms with Gasteiger partial charge in [-0.3, -0.25) is 4.79 Å². The molecule has 0 bridgehead atoms. The van der Waals surface area contributed by atoms with Crippen molar-refractivity contribution in [1.82, 2.24) is 19.4 Å². The molecule has 0 spiro atoms. The Labute approximate surface area is 183 Å². The fourth-order valence-electron chi connectivity index (χ4n) is 3.83. The highest BCUT2D eigenvalue weighted by Crippen LogP contribution is 2.32. The van der Waals surface area contributed by atoms with Crippen molar-refractivity contribution in [1.29, 1.82) is 0 Å². The molecule has 162 valence electrons. The number of likely N-dealkylation sites (tertiary alicyclic amines) is 1. The van der Waals surface area contributed by atoms with Crippen LogP contribution in [0.4, 0.5) is 8.78 Å². The fourth-order valence-corrected chi connectivity index (χ4v) is 3.83. The number of piperidine rings is 1. The van der Waals surface area contributed by atoms with Gasteiger partial charge in [0.1, 0.15) is 0 Å². The maximum Gasteiger partial charge on any atom is 0.287 e. The number of alkyl halides is 2. The van der Waals surface area contributed by atoms with Crippen molar-refractivity contribution in [3.8, 4) is 11.6 Å². The number of para-hydroxylation sites is 1. The summed E-state index contributed by atoms with van der Waals surface area (Å²) in [5.74, 6) is -3.27. The lowest BCUT2D eigenvalue weighted by Crippen LogP contribution is -2.55. The quantitative estimate of drug-likeness (QED) is 0.479. The van der Waals surface area contributed by atoms with Crippen LogP contribution < -0.4 is 4.74 Å². The Bertz CT molecular complexity index is 1260. The van der Waals surface area contributed by atoms with Gasteiger partial charge < -0.3 is 14.2 Å². The Hall–Kier alpha value is -3.81. The Balaban J connectivity index is 1.36. The molecule has 0 N–H and O–H groups in total. The molecule has 0 radical (unpaired) electrons. The van der Waals surface area contributed by atoms with Crippen LogP contribution in [-0.2, 0) is 0 Å². The summed E-state index contributed by atoms with van der Waals surface area (Å²) in [6.45, 7) is -0.276. The maximum atomic E-state index is 14.7. The molecule has 6 nitrogen and oxygen atoms in total. The van der Waals surface area contributed by atoms with Gasteiger partial charge in [0, 0.05) is 48.1 Å². The lowest BCUT2D eigenvalue weighted by Gasteiger charge is -2.38. The van der Waals surface area contributed by atoms with E-state index in [1.165, 1.54) is 4.90 Å². The van der Waals surface area contributed by atoms with Crippen LogP contribution in [0.15, 0.2) is 79.4 Å². The molecule has 1 amide bonds. The van der Waals surface area contributed by atoms with E-state index in [0.717, 1.165) is 11.1 Å². The molecule has 5 rings (SSSR count). The zero-order valence-corrected chi connectivity index (χ0v) is 17.1. The second-order valence-corrected chi connectivity index (χ2v) is 7.73. The lowest BCUT2D eigenvalue weighted by molar-refractivity contribution is -0.131. The summed E-state index contributed by atoms with van der Waals surface area (Å²) >= 11 is 0. The van der Waals surface area contributed by atoms with Crippen molar-refractivity contribution in [2.24, 2.45) is 0 Å². The molecule has 1 aliphatic rings. The number of amides is 1. The molecule has 4 aromatic rings. The second kappa shape index (κ2) is 8.03. The van der Waals surface area contributed by atoms with Crippen LogP contribution in [0.1, 0.15) is 16.8 Å². The summed E-state index contributed by atoms with van der Waals surface area (Å²) in [6.07, 6.45) is 3.09. The SMILES string of the molecule is O=C(c1cccc(-n2ccnc2)c1)N1CCC(F)(F)C(Oc2ccc3ccccc3n2)C1. The Kier molecular flexibility index (Phi) is 5.05. The number of fused-ring (bicyclic) bond motifs is 1. The van der Waals surface area contributed by atoms with E-state index in [2.05, 4.69) is 9.97 Å². The largest absolute Gasteiger partial charge is 0.466 e. The average Bonchev–Trinajstić information content (AvgIpc) is 3.35.